The van der Waals surface area contributed by atoms with Crippen LogP contribution >= 0.6 is 0 Å². The summed E-state index contributed by atoms with van der Waals surface area (Å²) in [6.45, 7) is 8.70. The highest BCUT2D eigenvalue weighted by atomic mass is 32.2. The lowest BCUT2D eigenvalue weighted by Gasteiger charge is -2.32. The lowest BCUT2D eigenvalue weighted by atomic mass is 9.97. The van der Waals surface area contributed by atoms with Gasteiger partial charge in [-0.15, -0.1) is 0 Å². The summed E-state index contributed by atoms with van der Waals surface area (Å²) in [6, 6.07) is 0. The Morgan fingerprint density at radius 3 is 2.18 bits per heavy atom. The number of likely N-dealkylation sites (tertiary alicyclic amines) is 1. The van der Waals surface area contributed by atoms with Crippen molar-refractivity contribution in [3.05, 3.63) is 0 Å². The van der Waals surface area contributed by atoms with Gasteiger partial charge in [-0.3, -0.25) is 0 Å². The van der Waals surface area contributed by atoms with Crippen LogP contribution in [0.4, 0.5) is 0 Å². The van der Waals surface area contributed by atoms with E-state index in [2.05, 4.69) is 4.90 Å². The Hall–Kier alpha value is -0.130. The van der Waals surface area contributed by atoms with E-state index in [0.717, 1.165) is 32.5 Å². The largest absolute Gasteiger partial charge is 0.330 e. The molecule has 0 unspecified atom stereocenters. The summed E-state index contributed by atoms with van der Waals surface area (Å²) < 4.78 is 23.3. The lowest BCUT2D eigenvalue weighted by Crippen LogP contribution is -2.41. The van der Waals surface area contributed by atoms with E-state index in [9.17, 15) is 8.42 Å². The van der Waals surface area contributed by atoms with Crippen molar-refractivity contribution in [2.75, 3.05) is 31.9 Å². The first kappa shape index (κ1) is 14.9. The number of hydrogen-bond acceptors (Lipinski definition) is 4. The fraction of sp³-hybridized carbons (Fsp3) is 1.00. The molecule has 0 aromatic rings. The van der Waals surface area contributed by atoms with Crippen molar-refractivity contribution in [2.45, 2.75) is 38.4 Å². The van der Waals surface area contributed by atoms with Crippen LogP contribution in [0.15, 0.2) is 0 Å². The number of nitrogens with zero attached hydrogens (tertiary/aromatic N) is 1. The van der Waals surface area contributed by atoms with Gasteiger partial charge in [0, 0.05) is 6.54 Å². The molecule has 5 heteroatoms. The van der Waals surface area contributed by atoms with Crippen LogP contribution in [0.5, 0.6) is 0 Å². The van der Waals surface area contributed by atoms with E-state index in [1.165, 1.54) is 0 Å². The van der Waals surface area contributed by atoms with Crippen molar-refractivity contribution in [1.82, 2.24) is 4.90 Å². The summed E-state index contributed by atoms with van der Waals surface area (Å²) in [5, 5.41) is 0. The predicted molar refractivity (Wildman–Crippen MR) is 71.8 cm³/mol. The fourth-order valence-corrected chi connectivity index (χ4v) is 3.11. The van der Waals surface area contributed by atoms with E-state index in [0.29, 0.717) is 12.5 Å². The van der Waals surface area contributed by atoms with Crippen molar-refractivity contribution < 1.29 is 8.42 Å². The molecule has 0 amide bonds. The molecule has 1 fully saturated rings. The minimum atomic E-state index is -2.98. The first-order chi connectivity index (χ1) is 7.76. The third-order valence-corrected chi connectivity index (χ3v) is 6.24. The molecule has 1 aliphatic heterocycles. The van der Waals surface area contributed by atoms with Gasteiger partial charge in [0.1, 0.15) is 0 Å². The molecule has 0 aliphatic carbocycles. The van der Waals surface area contributed by atoms with Gasteiger partial charge in [0.2, 0.25) is 0 Å². The van der Waals surface area contributed by atoms with E-state index in [1.807, 2.05) is 0 Å². The Morgan fingerprint density at radius 2 is 1.76 bits per heavy atom. The van der Waals surface area contributed by atoms with Gasteiger partial charge in [0.15, 0.2) is 9.84 Å². The van der Waals surface area contributed by atoms with Crippen LogP contribution < -0.4 is 5.73 Å². The molecule has 1 heterocycles. The molecule has 1 rings (SSSR count). The first-order valence-corrected chi connectivity index (χ1v) is 8.06. The van der Waals surface area contributed by atoms with Crippen LogP contribution in [0, 0.1) is 5.92 Å². The predicted octanol–water partition coefficient (Wildman–Crippen LogP) is 0.870. The van der Waals surface area contributed by atoms with Crippen LogP contribution in [0.2, 0.25) is 0 Å². The van der Waals surface area contributed by atoms with Gasteiger partial charge in [-0.1, -0.05) is 0 Å². The van der Waals surface area contributed by atoms with Gasteiger partial charge < -0.3 is 10.6 Å². The maximum atomic E-state index is 12.0. The Morgan fingerprint density at radius 1 is 1.24 bits per heavy atom. The van der Waals surface area contributed by atoms with Gasteiger partial charge in [0.05, 0.1) is 10.5 Å². The van der Waals surface area contributed by atoms with Crippen molar-refractivity contribution in [1.29, 1.82) is 0 Å². The summed E-state index contributed by atoms with van der Waals surface area (Å²) in [4.78, 5) is 2.25. The lowest BCUT2D eigenvalue weighted by molar-refractivity contribution is 0.196. The molecule has 4 nitrogen and oxygen atoms in total. The molecule has 1 saturated heterocycles. The summed E-state index contributed by atoms with van der Waals surface area (Å²) in [5.74, 6) is 0.898. The Balaban J connectivity index is 2.38. The van der Waals surface area contributed by atoms with Gasteiger partial charge in [-0.05, 0) is 59.2 Å². The zero-order valence-corrected chi connectivity index (χ0v) is 12.1. The summed E-state index contributed by atoms with van der Waals surface area (Å²) in [5.41, 5.74) is 5.63. The van der Waals surface area contributed by atoms with Gasteiger partial charge >= 0.3 is 0 Å². The average molecular weight is 262 g/mol. The molecule has 2 N–H and O–H groups in total. The number of piperidine rings is 1. The summed E-state index contributed by atoms with van der Waals surface area (Å²) in [6.07, 6.45) is 2.21. The standard InChI is InChI=1S/C12H26N2O2S/c1-12(2,3)17(15,16)9-8-14-6-4-11(10-13)5-7-14/h11H,4-10,13H2,1-3H3. The van der Waals surface area contributed by atoms with Crippen molar-refractivity contribution in [3.8, 4) is 0 Å². The maximum Gasteiger partial charge on any atom is 0.156 e. The highest BCUT2D eigenvalue weighted by Crippen LogP contribution is 2.18. The Bertz CT molecular complexity index is 325. The molecule has 0 bridgehead atoms. The molecular weight excluding hydrogens is 236 g/mol. The third-order valence-electron chi connectivity index (χ3n) is 3.65. The van der Waals surface area contributed by atoms with Gasteiger partial charge in [0.25, 0.3) is 0 Å². The highest BCUT2D eigenvalue weighted by molar-refractivity contribution is 7.92. The van der Waals surface area contributed by atoms with Gasteiger partial charge in [-0.2, -0.15) is 0 Å². The number of sulfone groups is 1. The summed E-state index contributed by atoms with van der Waals surface area (Å²) in [7, 11) is -2.98. The quantitative estimate of drug-likeness (QED) is 0.816. The highest BCUT2D eigenvalue weighted by Gasteiger charge is 2.29. The SMILES string of the molecule is CC(C)(C)S(=O)(=O)CCN1CCC(CN)CC1. The second-order valence-electron chi connectivity index (χ2n) is 5.95. The van der Waals surface area contributed by atoms with Crippen LogP contribution in [0.3, 0.4) is 0 Å². The van der Waals surface area contributed by atoms with Crippen LogP contribution in [-0.2, 0) is 9.84 Å². The Kier molecular flexibility index (Phi) is 4.98. The molecule has 0 saturated carbocycles. The molecule has 0 atom stereocenters. The molecule has 102 valence electrons. The molecule has 0 aromatic carbocycles. The Labute approximate surface area is 105 Å². The monoisotopic (exact) mass is 262 g/mol. The second kappa shape index (κ2) is 5.67. The average Bonchev–Trinajstić information content (AvgIpc) is 2.25. The van der Waals surface area contributed by atoms with E-state index in [1.54, 1.807) is 20.8 Å². The fourth-order valence-electron chi connectivity index (χ4n) is 2.00. The van der Waals surface area contributed by atoms with Crippen molar-refractivity contribution in [2.24, 2.45) is 11.7 Å². The maximum absolute atomic E-state index is 12.0. The number of rotatable bonds is 4. The minimum Gasteiger partial charge on any atom is -0.330 e. The van der Waals surface area contributed by atoms with E-state index >= 15 is 0 Å². The van der Waals surface area contributed by atoms with Crippen molar-refractivity contribution >= 4 is 9.84 Å². The van der Waals surface area contributed by atoms with Crippen LogP contribution in [0.25, 0.3) is 0 Å². The van der Waals surface area contributed by atoms with E-state index in [4.69, 9.17) is 5.73 Å². The summed E-state index contributed by atoms with van der Waals surface area (Å²) >= 11 is 0. The van der Waals surface area contributed by atoms with E-state index in [-0.39, 0.29) is 5.75 Å². The molecule has 0 aromatic heterocycles. The van der Waals surface area contributed by atoms with Crippen LogP contribution in [-0.4, -0.2) is 50.0 Å². The molecular formula is C12H26N2O2S. The number of nitrogens with two attached hydrogens (primary N) is 1. The molecule has 1 aliphatic rings. The molecule has 0 radical (unpaired) electrons. The zero-order chi connectivity index (χ0) is 13.1. The third kappa shape index (κ3) is 4.23. The second-order valence-corrected chi connectivity index (χ2v) is 8.81. The van der Waals surface area contributed by atoms with Gasteiger partial charge in [-0.25, -0.2) is 8.42 Å². The van der Waals surface area contributed by atoms with Crippen molar-refractivity contribution in [3.63, 3.8) is 0 Å². The minimum absolute atomic E-state index is 0.268. The molecule has 17 heavy (non-hydrogen) atoms. The topological polar surface area (TPSA) is 63.4 Å². The smallest absolute Gasteiger partial charge is 0.156 e. The zero-order valence-electron chi connectivity index (χ0n) is 11.3. The normalized spacial score (nSPS) is 20.7. The first-order valence-electron chi connectivity index (χ1n) is 6.41. The number of hydrogen-bond donors (Lipinski definition) is 1. The van der Waals surface area contributed by atoms with Crippen LogP contribution in [0.1, 0.15) is 33.6 Å². The van der Waals surface area contributed by atoms with E-state index < -0.39 is 14.6 Å². The molecule has 0 spiro atoms.